The van der Waals surface area contributed by atoms with E-state index < -0.39 is 0 Å². The van der Waals surface area contributed by atoms with Gasteiger partial charge in [-0.2, -0.15) is 11.8 Å². The lowest BCUT2D eigenvalue weighted by Gasteiger charge is -2.27. The topological polar surface area (TPSA) is 57.4 Å². The number of nitrogens with two attached hydrogens (primary N) is 1. The second-order valence-electron chi connectivity index (χ2n) is 5.30. The van der Waals surface area contributed by atoms with Gasteiger partial charge < -0.3 is 15.6 Å². The molecule has 3 N–H and O–H groups in total. The van der Waals surface area contributed by atoms with Gasteiger partial charge in [0, 0.05) is 48.2 Å². The molecule has 2 heterocycles. The van der Waals surface area contributed by atoms with Crippen molar-refractivity contribution in [2.45, 2.75) is 12.8 Å². The lowest BCUT2D eigenvalue weighted by Crippen LogP contribution is -2.42. The summed E-state index contributed by atoms with van der Waals surface area (Å²) in [5.41, 5.74) is 8.64. The molecule has 0 unspecified atom stereocenters. The zero-order valence-electron chi connectivity index (χ0n) is 12.2. The Labute approximate surface area is 129 Å². The first-order valence-corrected chi connectivity index (χ1v) is 8.67. The lowest BCUT2D eigenvalue weighted by molar-refractivity contribution is 0.455. The molecule has 3 rings (SSSR count). The summed E-state index contributed by atoms with van der Waals surface area (Å²) in [7, 11) is 0. The maximum atomic E-state index is 6.06. The normalized spacial score (nSPS) is 16.6. The van der Waals surface area contributed by atoms with Crippen molar-refractivity contribution >= 4 is 28.6 Å². The number of hydrogen-bond acceptors (Lipinski definition) is 2. The Bertz CT molecular complexity index is 614. The van der Waals surface area contributed by atoms with Gasteiger partial charge in [0.05, 0.1) is 0 Å². The van der Waals surface area contributed by atoms with Crippen LogP contribution in [0.2, 0.25) is 0 Å². The fraction of sp³-hybridized carbons (Fsp3) is 0.438. The van der Waals surface area contributed by atoms with E-state index >= 15 is 0 Å². The minimum absolute atomic E-state index is 0.717. The molecule has 1 saturated heterocycles. The van der Waals surface area contributed by atoms with Crippen molar-refractivity contribution in [3.05, 3.63) is 36.0 Å². The van der Waals surface area contributed by atoms with Crippen LogP contribution in [-0.2, 0) is 6.42 Å². The monoisotopic (exact) mass is 302 g/mol. The first-order valence-electron chi connectivity index (χ1n) is 7.52. The quantitative estimate of drug-likeness (QED) is 0.518. The fourth-order valence-electron chi connectivity index (χ4n) is 2.69. The Morgan fingerprint density at radius 2 is 2.10 bits per heavy atom. The third kappa shape index (κ3) is 3.53. The summed E-state index contributed by atoms with van der Waals surface area (Å²) in [5, 5.41) is 1.32. The van der Waals surface area contributed by atoms with Gasteiger partial charge in [0.2, 0.25) is 0 Å². The number of aliphatic imine (C=N–C) groups is 1. The van der Waals surface area contributed by atoms with Crippen molar-refractivity contribution in [1.82, 2.24) is 9.88 Å². The number of rotatable bonds is 4. The van der Waals surface area contributed by atoms with E-state index in [2.05, 4.69) is 45.3 Å². The van der Waals surface area contributed by atoms with E-state index in [-0.39, 0.29) is 0 Å². The standard InChI is InChI=1S/C16H22N4S/c17-16(20-8-10-21-11-9-20)18-7-3-4-13-12-19-15-6-2-1-5-14(13)15/h1-2,5-6,12,19H,3-4,7-11H2,(H2,17,18). The van der Waals surface area contributed by atoms with Gasteiger partial charge >= 0.3 is 0 Å². The molecule has 1 fully saturated rings. The van der Waals surface area contributed by atoms with Crippen LogP contribution in [0, 0.1) is 0 Å². The van der Waals surface area contributed by atoms with Gasteiger partial charge in [-0.3, -0.25) is 4.99 Å². The molecule has 0 radical (unpaired) electrons. The Morgan fingerprint density at radius 3 is 2.95 bits per heavy atom. The zero-order chi connectivity index (χ0) is 14.5. The molecular weight excluding hydrogens is 280 g/mol. The molecule has 1 aromatic heterocycles. The molecule has 0 bridgehead atoms. The largest absolute Gasteiger partial charge is 0.370 e. The summed E-state index contributed by atoms with van der Waals surface area (Å²) < 4.78 is 0. The summed E-state index contributed by atoms with van der Waals surface area (Å²) in [5.74, 6) is 3.03. The van der Waals surface area contributed by atoms with Crippen LogP contribution in [0.15, 0.2) is 35.5 Å². The number of aryl methyl sites for hydroxylation is 1. The number of fused-ring (bicyclic) bond motifs is 1. The van der Waals surface area contributed by atoms with Crippen LogP contribution in [0.1, 0.15) is 12.0 Å². The van der Waals surface area contributed by atoms with E-state index in [0.717, 1.165) is 44.0 Å². The van der Waals surface area contributed by atoms with E-state index in [4.69, 9.17) is 5.73 Å². The minimum Gasteiger partial charge on any atom is -0.370 e. The van der Waals surface area contributed by atoms with Gasteiger partial charge in [-0.05, 0) is 24.5 Å². The Morgan fingerprint density at radius 1 is 1.29 bits per heavy atom. The van der Waals surface area contributed by atoms with Crippen LogP contribution in [0.25, 0.3) is 10.9 Å². The summed E-state index contributed by atoms with van der Waals surface area (Å²) in [6, 6.07) is 8.43. The molecule has 0 aliphatic carbocycles. The molecular formula is C16H22N4S. The van der Waals surface area contributed by atoms with Crippen molar-refractivity contribution in [3.63, 3.8) is 0 Å². The number of aromatic amines is 1. The molecule has 1 aliphatic rings. The number of nitrogens with one attached hydrogen (secondary N) is 1. The Hall–Kier alpha value is -1.62. The number of aromatic nitrogens is 1. The second kappa shape index (κ2) is 6.89. The van der Waals surface area contributed by atoms with Gasteiger partial charge in [0.1, 0.15) is 0 Å². The van der Waals surface area contributed by atoms with E-state index in [0.29, 0.717) is 5.96 Å². The van der Waals surface area contributed by atoms with Crippen LogP contribution in [0.5, 0.6) is 0 Å². The average molecular weight is 302 g/mol. The molecule has 0 atom stereocenters. The van der Waals surface area contributed by atoms with Crippen molar-refractivity contribution < 1.29 is 0 Å². The third-order valence-corrected chi connectivity index (χ3v) is 4.83. The van der Waals surface area contributed by atoms with Crippen LogP contribution >= 0.6 is 11.8 Å². The van der Waals surface area contributed by atoms with Gasteiger partial charge in [0.25, 0.3) is 0 Å². The summed E-state index contributed by atoms with van der Waals surface area (Å²) in [4.78, 5) is 10.0. The number of benzene rings is 1. The lowest BCUT2D eigenvalue weighted by atomic mass is 10.1. The summed E-state index contributed by atoms with van der Waals surface area (Å²) >= 11 is 1.99. The Kier molecular flexibility index (Phi) is 4.70. The third-order valence-electron chi connectivity index (χ3n) is 3.89. The van der Waals surface area contributed by atoms with Crippen LogP contribution < -0.4 is 5.73 Å². The highest BCUT2D eigenvalue weighted by molar-refractivity contribution is 7.99. The van der Waals surface area contributed by atoms with E-state index in [1.165, 1.54) is 16.5 Å². The maximum absolute atomic E-state index is 6.06. The van der Waals surface area contributed by atoms with E-state index in [1.807, 2.05) is 11.8 Å². The predicted octanol–water partition coefficient (Wildman–Crippen LogP) is 2.46. The molecule has 21 heavy (non-hydrogen) atoms. The van der Waals surface area contributed by atoms with Gasteiger partial charge in [0.15, 0.2) is 5.96 Å². The van der Waals surface area contributed by atoms with E-state index in [1.54, 1.807) is 0 Å². The molecule has 1 aliphatic heterocycles. The van der Waals surface area contributed by atoms with Crippen molar-refractivity contribution in [3.8, 4) is 0 Å². The summed E-state index contributed by atoms with van der Waals surface area (Å²) in [6.07, 6.45) is 4.18. The van der Waals surface area contributed by atoms with Crippen molar-refractivity contribution in [1.29, 1.82) is 0 Å². The van der Waals surface area contributed by atoms with E-state index in [9.17, 15) is 0 Å². The molecule has 5 heteroatoms. The molecule has 0 amide bonds. The number of guanidine groups is 1. The van der Waals surface area contributed by atoms with Gasteiger partial charge in [-0.25, -0.2) is 0 Å². The Balaban J connectivity index is 1.51. The smallest absolute Gasteiger partial charge is 0.191 e. The SMILES string of the molecule is NC(=NCCCc1c[nH]c2ccccc12)N1CCSCC1. The highest BCUT2D eigenvalue weighted by Crippen LogP contribution is 2.18. The first-order chi connectivity index (χ1) is 10.3. The predicted molar refractivity (Wildman–Crippen MR) is 92.0 cm³/mol. The molecule has 0 saturated carbocycles. The fourth-order valence-corrected chi connectivity index (χ4v) is 3.60. The first kappa shape index (κ1) is 14.3. The molecule has 2 aromatic rings. The molecule has 0 spiro atoms. The molecule has 1 aromatic carbocycles. The van der Waals surface area contributed by atoms with Crippen molar-refractivity contribution in [2.75, 3.05) is 31.1 Å². The van der Waals surface area contributed by atoms with Crippen LogP contribution in [-0.4, -0.2) is 47.0 Å². The van der Waals surface area contributed by atoms with Crippen LogP contribution in [0.3, 0.4) is 0 Å². The minimum atomic E-state index is 0.717. The van der Waals surface area contributed by atoms with Crippen molar-refractivity contribution in [2.24, 2.45) is 10.7 Å². The zero-order valence-corrected chi connectivity index (χ0v) is 13.0. The van der Waals surface area contributed by atoms with Crippen LogP contribution in [0.4, 0.5) is 0 Å². The van der Waals surface area contributed by atoms with Gasteiger partial charge in [-0.1, -0.05) is 18.2 Å². The molecule has 112 valence electrons. The maximum Gasteiger partial charge on any atom is 0.191 e. The summed E-state index contributed by atoms with van der Waals surface area (Å²) in [6.45, 7) is 2.86. The molecule has 4 nitrogen and oxygen atoms in total. The highest BCUT2D eigenvalue weighted by Gasteiger charge is 2.11. The number of nitrogens with zero attached hydrogens (tertiary/aromatic N) is 2. The highest BCUT2D eigenvalue weighted by atomic mass is 32.2. The second-order valence-corrected chi connectivity index (χ2v) is 6.53. The van der Waals surface area contributed by atoms with Gasteiger partial charge in [-0.15, -0.1) is 0 Å². The number of para-hydroxylation sites is 1. The number of thioether (sulfide) groups is 1. The number of H-pyrrole nitrogens is 1. The number of hydrogen-bond donors (Lipinski definition) is 2. The average Bonchev–Trinajstić information content (AvgIpc) is 2.95.